The number of hydrogen-bond acceptors (Lipinski definition) is 6. The number of piperidine rings is 1. The summed E-state index contributed by atoms with van der Waals surface area (Å²) >= 11 is 0. The summed E-state index contributed by atoms with van der Waals surface area (Å²) in [6.45, 7) is 12.9. The number of nitrogens with one attached hydrogen (secondary N) is 1. The number of carbonyl (C=O) groups excluding carboxylic acids is 1. The third-order valence-electron chi connectivity index (χ3n) is 7.34. The molecule has 1 aromatic carbocycles. The summed E-state index contributed by atoms with van der Waals surface area (Å²) in [4.78, 5) is 26.5. The second kappa shape index (κ2) is 10.4. The van der Waals surface area contributed by atoms with Crippen LogP contribution in [0.5, 0.6) is 0 Å². The monoisotopic (exact) mass is 465 g/mol. The van der Waals surface area contributed by atoms with Crippen LogP contribution < -0.4 is 5.32 Å². The minimum Gasteiger partial charge on any atom is -0.380 e. The van der Waals surface area contributed by atoms with E-state index in [1.807, 2.05) is 11.8 Å². The van der Waals surface area contributed by atoms with Crippen molar-refractivity contribution in [3.8, 4) is 0 Å². The molecule has 34 heavy (non-hydrogen) atoms. The van der Waals surface area contributed by atoms with E-state index < -0.39 is 0 Å². The van der Waals surface area contributed by atoms with E-state index in [9.17, 15) is 4.79 Å². The molecule has 1 unspecified atom stereocenters. The van der Waals surface area contributed by atoms with Gasteiger partial charge in [0.2, 0.25) is 0 Å². The van der Waals surface area contributed by atoms with Gasteiger partial charge in [0.1, 0.15) is 17.8 Å². The summed E-state index contributed by atoms with van der Waals surface area (Å²) < 4.78 is 5.51. The van der Waals surface area contributed by atoms with Crippen molar-refractivity contribution in [2.75, 3.05) is 38.6 Å². The minimum atomic E-state index is 0.00659. The molecular formula is C27H39N5O2. The minimum absolute atomic E-state index is 0.00659. The van der Waals surface area contributed by atoms with Crippen LogP contribution in [0.15, 0.2) is 30.6 Å². The Morgan fingerprint density at radius 1 is 1.09 bits per heavy atom. The highest BCUT2D eigenvalue weighted by Crippen LogP contribution is 2.25. The summed E-state index contributed by atoms with van der Waals surface area (Å²) in [5.41, 5.74) is 3.94. The molecule has 7 nitrogen and oxygen atoms in total. The van der Waals surface area contributed by atoms with Crippen LogP contribution in [0.1, 0.15) is 67.2 Å². The van der Waals surface area contributed by atoms with E-state index in [0.717, 1.165) is 56.8 Å². The zero-order valence-electron chi connectivity index (χ0n) is 21.3. The predicted octanol–water partition coefficient (Wildman–Crippen LogP) is 4.02. The lowest BCUT2D eigenvalue weighted by Gasteiger charge is -2.36. The average molecular weight is 466 g/mol. The molecule has 1 N–H and O–H groups in total. The van der Waals surface area contributed by atoms with Crippen LogP contribution in [0, 0.1) is 6.92 Å². The largest absolute Gasteiger partial charge is 0.380 e. The normalized spacial score (nSPS) is 20.0. The summed E-state index contributed by atoms with van der Waals surface area (Å²) in [6.07, 6.45) is 4.95. The first-order valence-electron chi connectivity index (χ1n) is 12.5. The van der Waals surface area contributed by atoms with Crippen LogP contribution >= 0.6 is 0 Å². The highest BCUT2D eigenvalue weighted by molar-refractivity contribution is 5.94. The smallest absolute Gasteiger partial charge is 0.272 e. The van der Waals surface area contributed by atoms with E-state index in [2.05, 4.69) is 65.2 Å². The van der Waals surface area contributed by atoms with Crippen molar-refractivity contribution in [3.05, 3.63) is 53.0 Å². The first kappa shape index (κ1) is 24.6. The second-order valence-electron chi connectivity index (χ2n) is 10.7. The van der Waals surface area contributed by atoms with Gasteiger partial charge >= 0.3 is 0 Å². The average Bonchev–Trinajstić information content (AvgIpc) is 3.32. The van der Waals surface area contributed by atoms with Crippen molar-refractivity contribution in [3.63, 3.8) is 0 Å². The Morgan fingerprint density at radius 2 is 1.79 bits per heavy atom. The fraction of sp³-hybridized carbons (Fsp3) is 0.593. The third-order valence-corrected chi connectivity index (χ3v) is 7.34. The molecule has 1 aromatic heterocycles. The first-order valence-corrected chi connectivity index (χ1v) is 12.5. The van der Waals surface area contributed by atoms with Crippen LogP contribution in [-0.2, 0) is 16.7 Å². The molecule has 4 rings (SSSR count). The highest BCUT2D eigenvalue weighted by atomic mass is 16.5. The lowest BCUT2D eigenvalue weighted by Crippen LogP contribution is -2.46. The topological polar surface area (TPSA) is 70.6 Å². The van der Waals surface area contributed by atoms with Crippen molar-refractivity contribution in [1.29, 1.82) is 0 Å². The van der Waals surface area contributed by atoms with Gasteiger partial charge in [0.15, 0.2) is 0 Å². The van der Waals surface area contributed by atoms with E-state index in [0.29, 0.717) is 24.4 Å². The van der Waals surface area contributed by atoms with E-state index >= 15 is 0 Å². The Balaban J connectivity index is 1.35. The zero-order chi connectivity index (χ0) is 24.3. The fourth-order valence-corrected chi connectivity index (χ4v) is 5.01. The number of carbonyl (C=O) groups is 1. The maximum Gasteiger partial charge on any atom is 0.272 e. The van der Waals surface area contributed by atoms with E-state index in [4.69, 9.17) is 4.74 Å². The Labute approximate surface area is 203 Å². The maximum absolute atomic E-state index is 13.3. The first-order chi connectivity index (χ1) is 16.3. The molecule has 2 saturated heterocycles. The number of ether oxygens (including phenoxy) is 1. The molecule has 2 aliphatic heterocycles. The molecule has 0 aliphatic carbocycles. The van der Waals surface area contributed by atoms with Crippen molar-refractivity contribution < 1.29 is 9.53 Å². The lowest BCUT2D eigenvalue weighted by molar-refractivity contribution is 0.0597. The SMILES string of the molecule is COC1CCN(C2CCN(C(=O)c3ncnc(NCc4ccc(C(C)(C)C)cc4)c3C)CC2)C1. The summed E-state index contributed by atoms with van der Waals surface area (Å²) in [7, 11) is 1.80. The van der Waals surface area contributed by atoms with E-state index in [-0.39, 0.29) is 11.3 Å². The van der Waals surface area contributed by atoms with Gasteiger partial charge < -0.3 is 15.0 Å². The van der Waals surface area contributed by atoms with Crippen LogP contribution in [-0.4, -0.2) is 71.1 Å². The maximum atomic E-state index is 13.3. The molecular weight excluding hydrogens is 426 g/mol. The molecule has 2 aliphatic rings. The van der Waals surface area contributed by atoms with Gasteiger partial charge in [-0.25, -0.2) is 9.97 Å². The molecule has 7 heteroatoms. The van der Waals surface area contributed by atoms with Gasteiger partial charge in [0, 0.05) is 51.4 Å². The Bertz CT molecular complexity index is 978. The Kier molecular flexibility index (Phi) is 7.53. The van der Waals surface area contributed by atoms with E-state index in [1.54, 1.807) is 7.11 Å². The molecule has 0 spiro atoms. The van der Waals surface area contributed by atoms with Gasteiger partial charge in [-0.3, -0.25) is 9.69 Å². The molecule has 1 amide bonds. The quantitative estimate of drug-likeness (QED) is 0.695. The van der Waals surface area contributed by atoms with Crippen LogP contribution in [0.2, 0.25) is 0 Å². The molecule has 0 radical (unpaired) electrons. The summed E-state index contributed by atoms with van der Waals surface area (Å²) in [5.74, 6) is 0.725. The molecule has 2 fully saturated rings. The number of hydrogen-bond donors (Lipinski definition) is 1. The molecule has 3 heterocycles. The summed E-state index contributed by atoms with van der Waals surface area (Å²) in [6, 6.07) is 9.20. The van der Waals surface area contributed by atoms with E-state index in [1.165, 1.54) is 17.5 Å². The number of benzene rings is 1. The number of nitrogens with zero attached hydrogens (tertiary/aromatic N) is 4. The Hall–Kier alpha value is -2.51. The van der Waals surface area contributed by atoms with Crippen molar-refractivity contribution in [1.82, 2.24) is 19.8 Å². The number of rotatable bonds is 6. The lowest BCUT2D eigenvalue weighted by atomic mass is 9.87. The van der Waals surface area contributed by atoms with Crippen LogP contribution in [0.4, 0.5) is 5.82 Å². The van der Waals surface area contributed by atoms with Crippen molar-refractivity contribution in [2.24, 2.45) is 0 Å². The standard InChI is InChI=1S/C27H39N5O2/c1-19-24(26(33)31-13-10-22(11-14-31)32-15-12-23(17-32)34-5)29-18-30-25(19)28-16-20-6-8-21(9-7-20)27(2,3)4/h6-9,18,22-23H,10-17H2,1-5H3,(H,28,29,30). The van der Waals surface area contributed by atoms with Crippen LogP contribution in [0.3, 0.4) is 0 Å². The molecule has 0 saturated carbocycles. The van der Waals surface area contributed by atoms with Crippen molar-refractivity contribution in [2.45, 2.75) is 71.1 Å². The molecule has 184 valence electrons. The predicted molar refractivity (Wildman–Crippen MR) is 135 cm³/mol. The highest BCUT2D eigenvalue weighted by Gasteiger charge is 2.32. The van der Waals surface area contributed by atoms with Gasteiger partial charge in [0.05, 0.1) is 6.10 Å². The number of likely N-dealkylation sites (tertiary alicyclic amines) is 2. The van der Waals surface area contributed by atoms with Gasteiger partial charge in [-0.15, -0.1) is 0 Å². The molecule has 1 atom stereocenters. The third kappa shape index (κ3) is 5.58. The number of aromatic nitrogens is 2. The van der Waals surface area contributed by atoms with Crippen molar-refractivity contribution >= 4 is 11.7 Å². The van der Waals surface area contributed by atoms with Crippen LogP contribution in [0.25, 0.3) is 0 Å². The fourth-order valence-electron chi connectivity index (χ4n) is 5.01. The van der Waals surface area contributed by atoms with Gasteiger partial charge in [0.25, 0.3) is 5.91 Å². The zero-order valence-corrected chi connectivity index (χ0v) is 21.3. The van der Waals surface area contributed by atoms with Gasteiger partial charge in [-0.1, -0.05) is 45.0 Å². The number of anilines is 1. The number of amides is 1. The Morgan fingerprint density at radius 3 is 2.41 bits per heavy atom. The van der Waals surface area contributed by atoms with Gasteiger partial charge in [-0.2, -0.15) is 0 Å². The summed E-state index contributed by atoms with van der Waals surface area (Å²) in [5, 5.41) is 3.40. The number of methoxy groups -OCH3 is 1. The molecule has 2 aromatic rings. The molecule has 0 bridgehead atoms. The van der Waals surface area contributed by atoms with Gasteiger partial charge in [-0.05, 0) is 42.7 Å². The second-order valence-corrected chi connectivity index (χ2v) is 10.7.